The lowest BCUT2D eigenvalue weighted by Gasteiger charge is -2.35. The Morgan fingerprint density at radius 1 is 1.61 bits per heavy atom. The van der Waals surface area contributed by atoms with Crippen molar-refractivity contribution in [3.8, 4) is 0 Å². The third-order valence-corrected chi connectivity index (χ3v) is 4.51. The number of aliphatic imine (C=N–C) groups is 1. The molecule has 0 spiro atoms. The van der Waals surface area contributed by atoms with E-state index in [1.54, 1.807) is 0 Å². The first-order valence-electron chi connectivity index (χ1n) is 6.54. The Balaban J connectivity index is 1.88. The summed E-state index contributed by atoms with van der Waals surface area (Å²) >= 11 is 1.83. The summed E-state index contributed by atoms with van der Waals surface area (Å²) in [7, 11) is 2.03. The second-order valence-electron chi connectivity index (χ2n) is 5.03. The molecule has 1 saturated heterocycles. The molecule has 0 saturated carbocycles. The van der Waals surface area contributed by atoms with Gasteiger partial charge < -0.3 is 9.88 Å². The zero-order valence-corrected chi connectivity index (χ0v) is 12.3. The predicted octanol–water partition coefficient (Wildman–Crippen LogP) is 2.21. The van der Waals surface area contributed by atoms with Crippen LogP contribution in [0.3, 0.4) is 0 Å². The smallest absolute Gasteiger partial charge is 0.156 e. The molecule has 1 N–H and O–H groups in total. The summed E-state index contributed by atoms with van der Waals surface area (Å²) in [5.41, 5.74) is 0.229. The van der Waals surface area contributed by atoms with Crippen LogP contribution in [0.5, 0.6) is 0 Å². The number of aromatic nitrogens is 2. The minimum Gasteiger partial charge on any atom is -0.360 e. The third kappa shape index (κ3) is 3.28. The molecule has 1 aliphatic heterocycles. The minimum atomic E-state index is 0.229. The van der Waals surface area contributed by atoms with E-state index in [2.05, 4.69) is 33.7 Å². The molecule has 1 atom stereocenters. The van der Waals surface area contributed by atoms with Crippen molar-refractivity contribution < 1.29 is 0 Å². The van der Waals surface area contributed by atoms with Crippen LogP contribution in [-0.4, -0.2) is 32.6 Å². The Hall–Kier alpha value is -0.970. The number of imidazole rings is 1. The van der Waals surface area contributed by atoms with Gasteiger partial charge in [0.25, 0.3) is 0 Å². The number of thioether (sulfide) groups is 1. The SMILES string of the molecule is CCC1(C)CCSC(=NCCc2nccn2C)N1. The van der Waals surface area contributed by atoms with E-state index >= 15 is 0 Å². The Labute approximate surface area is 113 Å². The molecule has 2 heterocycles. The molecule has 1 aromatic heterocycles. The highest BCUT2D eigenvalue weighted by atomic mass is 32.2. The first kappa shape index (κ1) is 13.5. The number of rotatable bonds is 4. The second kappa shape index (κ2) is 5.78. The van der Waals surface area contributed by atoms with Crippen molar-refractivity contribution >= 4 is 16.9 Å². The molecule has 0 aromatic carbocycles. The van der Waals surface area contributed by atoms with E-state index < -0.39 is 0 Å². The molecular weight excluding hydrogens is 244 g/mol. The van der Waals surface area contributed by atoms with Crippen molar-refractivity contribution in [3.05, 3.63) is 18.2 Å². The van der Waals surface area contributed by atoms with Crippen molar-refractivity contribution in [3.63, 3.8) is 0 Å². The lowest BCUT2D eigenvalue weighted by molar-refractivity contribution is 0.390. The fourth-order valence-corrected chi connectivity index (χ4v) is 3.22. The van der Waals surface area contributed by atoms with Gasteiger partial charge in [0.15, 0.2) is 5.17 Å². The van der Waals surface area contributed by atoms with E-state index in [9.17, 15) is 0 Å². The number of hydrogen-bond acceptors (Lipinski definition) is 3. The lowest BCUT2D eigenvalue weighted by atomic mass is 9.96. The topological polar surface area (TPSA) is 42.2 Å². The highest BCUT2D eigenvalue weighted by molar-refractivity contribution is 8.13. The summed E-state index contributed by atoms with van der Waals surface area (Å²) < 4.78 is 2.05. The van der Waals surface area contributed by atoms with Crippen LogP contribution in [0.2, 0.25) is 0 Å². The van der Waals surface area contributed by atoms with Crippen LogP contribution in [0.1, 0.15) is 32.5 Å². The van der Waals surface area contributed by atoms with Gasteiger partial charge in [-0.25, -0.2) is 4.98 Å². The van der Waals surface area contributed by atoms with Crippen molar-refractivity contribution in [1.82, 2.24) is 14.9 Å². The van der Waals surface area contributed by atoms with E-state index in [0.29, 0.717) is 0 Å². The Kier molecular flexibility index (Phi) is 4.32. The summed E-state index contributed by atoms with van der Waals surface area (Å²) in [4.78, 5) is 8.97. The van der Waals surface area contributed by atoms with E-state index in [0.717, 1.165) is 30.4 Å². The summed E-state index contributed by atoms with van der Waals surface area (Å²) in [6, 6.07) is 0. The molecule has 4 nitrogen and oxygen atoms in total. The fraction of sp³-hybridized carbons (Fsp3) is 0.692. The van der Waals surface area contributed by atoms with Gasteiger partial charge in [-0.1, -0.05) is 18.7 Å². The second-order valence-corrected chi connectivity index (χ2v) is 6.11. The fourth-order valence-electron chi connectivity index (χ4n) is 1.97. The Morgan fingerprint density at radius 3 is 3.11 bits per heavy atom. The molecule has 0 aliphatic carbocycles. The molecule has 2 rings (SSSR count). The summed E-state index contributed by atoms with van der Waals surface area (Å²) in [6.07, 6.45) is 7.07. The van der Waals surface area contributed by atoms with E-state index in [4.69, 9.17) is 0 Å². The molecule has 1 aliphatic rings. The first-order valence-corrected chi connectivity index (χ1v) is 7.53. The number of nitrogens with one attached hydrogen (secondary N) is 1. The van der Waals surface area contributed by atoms with Gasteiger partial charge in [0.2, 0.25) is 0 Å². The number of aryl methyl sites for hydroxylation is 1. The molecule has 1 fully saturated rings. The van der Waals surface area contributed by atoms with Crippen LogP contribution in [0.15, 0.2) is 17.4 Å². The predicted molar refractivity (Wildman–Crippen MR) is 78.1 cm³/mol. The third-order valence-electron chi connectivity index (χ3n) is 3.59. The highest BCUT2D eigenvalue weighted by Crippen LogP contribution is 2.24. The van der Waals surface area contributed by atoms with Crippen LogP contribution >= 0.6 is 11.8 Å². The summed E-state index contributed by atoms with van der Waals surface area (Å²) in [6.45, 7) is 5.31. The molecule has 1 unspecified atom stereocenters. The Morgan fingerprint density at radius 2 is 2.44 bits per heavy atom. The average molecular weight is 266 g/mol. The average Bonchev–Trinajstić information content (AvgIpc) is 2.76. The van der Waals surface area contributed by atoms with Gasteiger partial charge in [-0.15, -0.1) is 0 Å². The maximum Gasteiger partial charge on any atom is 0.156 e. The normalized spacial score (nSPS) is 26.3. The maximum absolute atomic E-state index is 4.66. The molecule has 1 aromatic rings. The van der Waals surface area contributed by atoms with E-state index in [1.165, 1.54) is 12.2 Å². The van der Waals surface area contributed by atoms with Crippen molar-refractivity contribution in [2.45, 2.75) is 38.6 Å². The van der Waals surface area contributed by atoms with Crippen LogP contribution in [-0.2, 0) is 13.5 Å². The summed E-state index contributed by atoms with van der Waals surface area (Å²) in [5.74, 6) is 2.26. The maximum atomic E-state index is 4.66. The largest absolute Gasteiger partial charge is 0.360 e. The van der Waals surface area contributed by atoms with Crippen LogP contribution in [0, 0.1) is 0 Å². The molecule has 5 heteroatoms. The van der Waals surface area contributed by atoms with Gasteiger partial charge in [-0.3, -0.25) is 4.99 Å². The minimum absolute atomic E-state index is 0.229. The monoisotopic (exact) mass is 266 g/mol. The molecule has 100 valence electrons. The van der Waals surface area contributed by atoms with Crippen molar-refractivity contribution in [1.29, 1.82) is 0 Å². The molecule has 0 bridgehead atoms. The zero-order valence-electron chi connectivity index (χ0n) is 11.4. The Bertz CT molecular complexity index is 426. The number of nitrogens with zero attached hydrogens (tertiary/aromatic N) is 3. The molecule has 18 heavy (non-hydrogen) atoms. The van der Waals surface area contributed by atoms with Crippen molar-refractivity contribution in [2.75, 3.05) is 12.3 Å². The standard InChI is InChI=1S/C13H22N4S/c1-4-13(2)6-10-18-12(16-13)15-7-5-11-14-8-9-17(11)3/h8-9H,4-7,10H2,1-3H3,(H,15,16). The molecule has 0 radical (unpaired) electrons. The van der Waals surface area contributed by atoms with Gasteiger partial charge >= 0.3 is 0 Å². The van der Waals surface area contributed by atoms with Crippen molar-refractivity contribution in [2.24, 2.45) is 12.0 Å². The van der Waals surface area contributed by atoms with Crippen LogP contribution in [0.25, 0.3) is 0 Å². The van der Waals surface area contributed by atoms with E-state index in [-0.39, 0.29) is 5.54 Å². The van der Waals surface area contributed by atoms with Crippen LogP contribution in [0.4, 0.5) is 0 Å². The molecular formula is C13H22N4S. The van der Waals surface area contributed by atoms with E-state index in [1.807, 2.05) is 31.2 Å². The molecule has 0 amide bonds. The van der Waals surface area contributed by atoms with Gasteiger partial charge in [-0.2, -0.15) is 0 Å². The summed E-state index contributed by atoms with van der Waals surface area (Å²) in [5, 5.41) is 4.66. The van der Waals surface area contributed by atoms with Gasteiger partial charge in [-0.05, 0) is 19.8 Å². The lowest BCUT2D eigenvalue weighted by Crippen LogP contribution is -2.48. The first-order chi connectivity index (χ1) is 8.63. The van der Waals surface area contributed by atoms with Gasteiger partial charge in [0, 0.05) is 43.7 Å². The van der Waals surface area contributed by atoms with Gasteiger partial charge in [0.1, 0.15) is 5.82 Å². The number of hydrogen-bond donors (Lipinski definition) is 1. The highest BCUT2D eigenvalue weighted by Gasteiger charge is 2.27. The van der Waals surface area contributed by atoms with Gasteiger partial charge in [0.05, 0.1) is 0 Å². The number of amidine groups is 1. The zero-order chi connectivity index (χ0) is 13.0. The van der Waals surface area contributed by atoms with Crippen LogP contribution < -0.4 is 5.32 Å². The quantitative estimate of drug-likeness (QED) is 0.908.